The minimum absolute atomic E-state index is 0.104. The van der Waals surface area contributed by atoms with Crippen LogP contribution in [0.25, 0.3) is 0 Å². The molecular formula is C15H21F2NO. The van der Waals surface area contributed by atoms with Crippen LogP contribution in [0.5, 0.6) is 0 Å². The average molecular weight is 269 g/mol. The molecule has 0 radical (unpaired) electrons. The highest BCUT2D eigenvalue weighted by molar-refractivity contribution is 5.21. The molecule has 2 nitrogen and oxygen atoms in total. The van der Waals surface area contributed by atoms with Gasteiger partial charge in [-0.1, -0.05) is 26.8 Å². The van der Waals surface area contributed by atoms with Crippen molar-refractivity contribution in [3.05, 3.63) is 35.4 Å². The predicted octanol–water partition coefficient (Wildman–Crippen LogP) is 3.43. The third kappa shape index (κ3) is 3.98. The van der Waals surface area contributed by atoms with Gasteiger partial charge in [-0.2, -0.15) is 0 Å². The Morgan fingerprint density at radius 2 is 1.95 bits per heavy atom. The van der Waals surface area contributed by atoms with E-state index >= 15 is 0 Å². The summed E-state index contributed by atoms with van der Waals surface area (Å²) >= 11 is 0. The topological polar surface area (TPSA) is 21.3 Å². The van der Waals surface area contributed by atoms with Crippen LogP contribution in [0.1, 0.15) is 38.9 Å². The Labute approximate surface area is 113 Å². The Kier molecular flexibility index (Phi) is 4.21. The lowest BCUT2D eigenvalue weighted by Gasteiger charge is -2.34. The van der Waals surface area contributed by atoms with E-state index in [-0.39, 0.29) is 17.6 Å². The molecule has 2 rings (SSSR count). The van der Waals surface area contributed by atoms with Crippen LogP contribution >= 0.6 is 0 Å². The van der Waals surface area contributed by atoms with Crippen LogP contribution in [0.2, 0.25) is 0 Å². The summed E-state index contributed by atoms with van der Waals surface area (Å²) in [5.74, 6) is -1.64. The Balaban J connectivity index is 2.06. The highest BCUT2D eigenvalue weighted by Gasteiger charge is 2.27. The van der Waals surface area contributed by atoms with Crippen LogP contribution < -0.4 is 5.32 Å². The van der Waals surface area contributed by atoms with E-state index in [0.717, 1.165) is 19.0 Å². The van der Waals surface area contributed by atoms with E-state index in [0.29, 0.717) is 12.1 Å². The van der Waals surface area contributed by atoms with Gasteiger partial charge in [-0.05, 0) is 29.5 Å². The van der Waals surface area contributed by atoms with Crippen LogP contribution in [0.15, 0.2) is 18.2 Å². The van der Waals surface area contributed by atoms with Crippen LogP contribution in [0, 0.1) is 17.0 Å². The average Bonchev–Trinajstić information content (AvgIpc) is 2.31. The maximum atomic E-state index is 13.3. The predicted molar refractivity (Wildman–Crippen MR) is 70.9 cm³/mol. The number of rotatable bonds is 2. The Bertz CT molecular complexity index is 442. The standard InChI is InChI=1S/C15H21F2NO/c1-15(2,3)7-11-8-18-9-14(19-11)10-4-5-12(16)13(17)6-10/h4-6,11,14,18H,7-9H2,1-3H3. The molecule has 1 aromatic rings. The van der Waals surface area contributed by atoms with Gasteiger partial charge in [0.05, 0.1) is 12.2 Å². The molecule has 0 amide bonds. The minimum atomic E-state index is -0.821. The number of nitrogens with one attached hydrogen (secondary N) is 1. The van der Waals surface area contributed by atoms with Crippen molar-refractivity contribution in [1.29, 1.82) is 0 Å². The van der Waals surface area contributed by atoms with E-state index in [9.17, 15) is 8.78 Å². The van der Waals surface area contributed by atoms with Crippen molar-refractivity contribution in [3.63, 3.8) is 0 Å². The smallest absolute Gasteiger partial charge is 0.159 e. The van der Waals surface area contributed by atoms with Crippen LogP contribution in [0.3, 0.4) is 0 Å². The summed E-state index contributed by atoms with van der Waals surface area (Å²) in [5, 5.41) is 3.30. The molecule has 0 spiro atoms. The van der Waals surface area contributed by atoms with E-state index in [2.05, 4.69) is 26.1 Å². The van der Waals surface area contributed by atoms with E-state index in [4.69, 9.17) is 4.74 Å². The second-order valence-electron chi connectivity index (χ2n) is 6.34. The molecule has 19 heavy (non-hydrogen) atoms. The molecule has 0 aromatic heterocycles. The highest BCUT2D eigenvalue weighted by Crippen LogP contribution is 2.29. The van der Waals surface area contributed by atoms with Crippen molar-refractivity contribution < 1.29 is 13.5 Å². The lowest BCUT2D eigenvalue weighted by atomic mass is 9.88. The maximum Gasteiger partial charge on any atom is 0.159 e. The highest BCUT2D eigenvalue weighted by atomic mass is 19.2. The molecule has 1 aromatic carbocycles. The lowest BCUT2D eigenvalue weighted by Crippen LogP contribution is -2.42. The van der Waals surface area contributed by atoms with Gasteiger partial charge in [-0.3, -0.25) is 0 Å². The Morgan fingerprint density at radius 3 is 2.58 bits per heavy atom. The number of ether oxygens (including phenoxy) is 1. The fourth-order valence-electron chi connectivity index (χ4n) is 2.42. The van der Waals surface area contributed by atoms with Gasteiger partial charge in [0.2, 0.25) is 0 Å². The molecule has 1 heterocycles. The van der Waals surface area contributed by atoms with Crippen LogP contribution in [0.4, 0.5) is 8.78 Å². The first-order valence-corrected chi connectivity index (χ1v) is 6.66. The number of morpholine rings is 1. The van der Waals surface area contributed by atoms with E-state index < -0.39 is 11.6 Å². The first-order chi connectivity index (χ1) is 8.85. The zero-order valence-electron chi connectivity index (χ0n) is 11.7. The summed E-state index contributed by atoms with van der Waals surface area (Å²) in [6.07, 6.45) is 0.822. The van der Waals surface area contributed by atoms with Gasteiger partial charge in [-0.25, -0.2) is 8.78 Å². The summed E-state index contributed by atoms with van der Waals surface area (Å²) in [6, 6.07) is 3.97. The summed E-state index contributed by atoms with van der Waals surface area (Å²) < 4.78 is 32.2. The number of hydrogen-bond acceptors (Lipinski definition) is 2. The van der Waals surface area contributed by atoms with Crippen molar-refractivity contribution in [1.82, 2.24) is 5.32 Å². The molecule has 0 saturated carbocycles. The third-order valence-corrected chi connectivity index (χ3v) is 3.21. The SMILES string of the molecule is CC(C)(C)CC1CNCC(c2ccc(F)c(F)c2)O1. The molecule has 1 aliphatic heterocycles. The Hall–Kier alpha value is -1.00. The number of halogens is 2. The molecule has 2 unspecified atom stereocenters. The molecule has 1 N–H and O–H groups in total. The molecule has 1 fully saturated rings. The number of hydrogen-bond donors (Lipinski definition) is 1. The van der Waals surface area contributed by atoms with E-state index in [1.165, 1.54) is 6.07 Å². The van der Waals surface area contributed by atoms with Gasteiger partial charge >= 0.3 is 0 Å². The second kappa shape index (κ2) is 5.55. The van der Waals surface area contributed by atoms with Gasteiger partial charge < -0.3 is 10.1 Å². The van der Waals surface area contributed by atoms with Crippen molar-refractivity contribution in [2.45, 2.75) is 39.4 Å². The largest absolute Gasteiger partial charge is 0.368 e. The molecule has 1 saturated heterocycles. The zero-order chi connectivity index (χ0) is 14.0. The summed E-state index contributed by atoms with van der Waals surface area (Å²) in [7, 11) is 0. The normalized spacial score (nSPS) is 24.5. The van der Waals surface area contributed by atoms with Crippen molar-refractivity contribution in [2.75, 3.05) is 13.1 Å². The molecule has 0 aliphatic carbocycles. The molecule has 4 heteroatoms. The first-order valence-electron chi connectivity index (χ1n) is 6.66. The maximum absolute atomic E-state index is 13.3. The molecular weight excluding hydrogens is 248 g/mol. The van der Waals surface area contributed by atoms with Crippen LogP contribution in [-0.2, 0) is 4.74 Å². The van der Waals surface area contributed by atoms with Gasteiger partial charge in [0.15, 0.2) is 11.6 Å². The van der Waals surface area contributed by atoms with Crippen molar-refractivity contribution in [3.8, 4) is 0 Å². The Morgan fingerprint density at radius 1 is 1.21 bits per heavy atom. The van der Waals surface area contributed by atoms with Crippen LogP contribution in [-0.4, -0.2) is 19.2 Å². The minimum Gasteiger partial charge on any atom is -0.368 e. The van der Waals surface area contributed by atoms with Gasteiger partial charge in [0, 0.05) is 13.1 Å². The van der Waals surface area contributed by atoms with E-state index in [1.807, 2.05) is 0 Å². The fourth-order valence-corrected chi connectivity index (χ4v) is 2.42. The zero-order valence-corrected chi connectivity index (χ0v) is 11.7. The van der Waals surface area contributed by atoms with Gasteiger partial charge in [0.25, 0.3) is 0 Å². The molecule has 1 aliphatic rings. The second-order valence-corrected chi connectivity index (χ2v) is 6.34. The lowest BCUT2D eigenvalue weighted by molar-refractivity contribution is -0.0553. The molecule has 106 valence electrons. The quantitative estimate of drug-likeness (QED) is 0.888. The summed E-state index contributed by atoms with van der Waals surface area (Å²) in [6.45, 7) is 7.93. The van der Waals surface area contributed by atoms with Gasteiger partial charge in [-0.15, -0.1) is 0 Å². The fraction of sp³-hybridized carbons (Fsp3) is 0.600. The molecule has 0 bridgehead atoms. The number of benzene rings is 1. The summed E-state index contributed by atoms with van der Waals surface area (Å²) in [4.78, 5) is 0. The van der Waals surface area contributed by atoms with Gasteiger partial charge in [0.1, 0.15) is 0 Å². The third-order valence-electron chi connectivity index (χ3n) is 3.21. The summed E-state index contributed by atoms with van der Waals surface area (Å²) in [5.41, 5.74) is 0.868. The monoisotopic (exact) mass is 269 g/mol. The van der Waals surface area contributed by atoms with E-state index in [1.54, 1.807) is 6.07 Å². The first kappa shape index (κ1) is 14.4. The van der Waals surface area contributed by atoms with Crippen molar-refractivity contribution in [2.24, 2.45) is 5.41 Å². The van der Waals surface area contributed by atoms with Crippen molar-refractivity contribution >= 4 is 0 Å². The molecule has 2 atom stereocenters.